The highest BCUT2D eigenvalue weighted by atomic mass is 32.1. The Morgan fingerprint density at radius 3 is 2.11 bits per heavy atom. The highest BCUT2D eigenvalue weighted by Crippen LogP contribution is 2.55. The van der Waals surface area contributed by atoms with E-state index in [-0.39, 0.29) is 0 Å². The van der Waals surface area contributed by atoms with Crippen molar-refractivity contribution in [1.82, 2.24) is 0 Å². The number of anilines is 3. The molecular weight excluding hydrogens is 563 g/mol. The number of benzene rings is 6. The van der Waals surface area contributed by atoms with Crippen molar-refractivity contribution in [2.24, 2.45) is 0 Å². The summed E-state index contributed by atoms with van der Waals surface area (Å²) in [6.45, 7) is 0. The van der Waals surface area contributed by atoms with E-state index in [1.165, 1.54) is 70.3 Å². The molecule has 0 radical (unpaired) electrons. The van der Waals surface area contributed by atoms with Gasteiger partial charge in [0.15, 0.2) is 0 Å². The van der Waals surface area contributed by atoms with Crippen molar-refractivity contribution >= 4 is 59.7 Å². The van der Waals surface area contributed by atoms with Gasteiger partial charge in [-0.1, -0.05) is 103 Å². The molecule has 0 fully saturated rings. The van der Waals surface area contributed by atoms with E-state index >= 15 is 0 Å². The summed E-state index contributed by atoms with van der Waals surface area (Å²) in [7, 11) is 0. The Balaban J connectivity index is 1.26. The third-order valence-corrected chi connectivity index (χ3v) is 10.6. The number of thiophene rings is 1. The maximum Gasteiger partial charge on any atom is 0.0468 e. The summed E-state index contributed by atoms with van der Waals surface area (Å²) in [5, 5.41) is 2.61. The van der Waals surface area contributed by atoms with Crippen LogP contribution in [0.25, 0.3) is 64.7 Å². The van der Waals surface area contributed by atoms with Gasteiger partial charge in [0.05, 0.1) is 0 Å². The van der Waals surface area contributed by atoms with Crippen LogP contribution >= 0.6 is 11.3 Å². The smallest absolute Gasteiger partial charge is 0.0468 e. The molecule has 208 valence electrons. The Morgan fingerprint density at radius 1 is 0.511 bits per heavy atom. The highest BCUT2D eigenvalue weighted by Gasteiger charge is 2.32. The predicted octanol–water partition coefficient (Wildman–Crippen LogP) is 12.0. The molecule has 3 aliphatic carbocycles. The summed E-state index contributed by atoms with van der Waals surface area (Å²) in [4.78, 5) is 2.40. The normalized spacial score (nSPS) is 13.5. The summed E-state index contributed by atoms with van der Waals surface area (Å²) in [5.41, 5.74) is 16.0. The molecule has 45 heavy (non-hydrogen) atoms. The van der Waals surface area contributed by atoms with E-state index in [1.807, 2.05) is 11.3 Å². The van der Waals surface area contributed by atoms with Crippen molar-refractivity contribution < 1.29 is 0 Å². The van der Waals surface area contributed by atoms with Crippen LogP contribution in [0.2, 0.25) is 0 Å². The molecule has 3 aliphatic rings. The number of allylic oxidation sites excluding steroid dienone is 4. The van der Waals surface area contributed by atoms with Gasteiger partial charge in [-0.15, -0.1) is 11.3 Å². The summed E-state index contributed by atoms with van der Waals surface area (Å²) in [6.07, 6.45) is 5.26. The van der Waals surface area contributed by atoms with E-state index in [9.17, 15) is 0 Å². The van der Waals surface area contributed by atoms with Crippen molar-refractivity contribution in [3.05, 3.63) is 151 Å². The van der Waals surface area contributed by atoms with Crippen LogP contribution in [0.3, 0.4) is 0 Å². The van der Waals surface area contributed by atoms with Gasteiger partial charge in [-0.3, -0.25) is 0 Å². The average molecular weight is 588 g/mol. The lowest BCUT2D eigenvalue weighted by Gasteiger charge is -2.27. The van der Waals surface area contributed by atoms with Crippen molar-refractivity contribution in [2.45, 2.75) is 6.42 Å². The molecule has 0 aliphatic heterocycles. The first-order valence-corrected chi connectivity index (χ1v) is 16.2. The van der Waals surface area contributed by atoms with E-state index in [4.69, 9.17) is 0 Å². The van der Waals surface area contributed by atoms with Crippen molar-refractivity contribution in [1.29, 1.82) is 0 Å². The fourth-order valence-electron chi connectivity index (χ4n) is 7.50. The topological polar surface area (TPSA) is 3.24 Å². The van der Waals surface area contributed by atoms with Gasteiger partial charge >= 0.3 is 0 Å². The molecule has 0 atom stereocenters. The van der Waals surface area contributed by atoms with Crippen LogP contribution in [0.15, 0.2) is 140 Å². The minimum Gasteiger partial charge on any atom is -0.310 e. The second-order valence-electron chi connectivity index (χ2n) is 11.8. The molecule has 6 aromatic carbocycles. The average Bonchev–Trinajstić information content (AvgIpc) is 3.21. The molecule has 6 bridgehead atoms. The van der Waals surface area contributed by atoms with Gasteiger partial charge in [0.25, 0.3) is 0 Å². The largest absolute Gasteiger partial charge is 0.310 e. The zero-order chi connectivity index (χ0) is 29.5. The number of rotatable bonds is 3. The van der Waals surface area contributed by atoms with Crippen molar-refractivity contribution in [3.63, 3.8) is 0 Å². The van der Waals surface area contributed by atoms with Crippen LogP contribution < -0.4 is 4.90 Å². The molecule has 0 spiro atoms. The van der Waals surface area contributed by atoms with Crippen LogP contribution in [0, 0.1) is 11.8 Å². The molecule has 1 heterocycles. The Kier molecular flexibility index (Phi) is 5.20. The molecule has 0 unspecified atom stereocenters. The van der Waals surface area contributed by atoms with Gasteiger partial charge in [0.1, 0.15) is 0 Å². The molecule has 1 aromatic heterocycles. The fraction of sp³-hybridized carbons (Fsp3) is 0.0233. The molecule has 0 saturated carbocycles. The van der Waals surface area contributed by atoms with Gasteiger partial charge in [-0.05, 0) is 98.6 Å². The van der Waals surface area contributed by atoms with Crippen molar-refractivity contribution in [2.75, 3.05) is 4.90 Å². The third kappa shape index (κ3) is 3.56. The van der Waals surface area contributed by atoms with Crippen LogP contribution in [-0.4, -0.2) is 0 Å². The maximum atomic E-state index is 3.58. The van der Waals surface area contributed by atoms with E-state index in [0.717, 1.165) is 29.1 Å². The Hall–Kier alpha value is -5.62. The number of para-hydroxylation sites is 1. The van der Waals surface area contributed by atoms with Gasteiger partial charge in [0, 0.05) is 49.2 Å². The fourth-order valence-corrected chi connectivity index (χ4v) is 8.59. The third-order valence-electron chi connectivity index (χ3n) is 9.40. The van der Waals surface area contributed by atoms with E-state index < -0.39 is 0 Å². The monoisotopic (exact) mass is 587 g/mol. The highest BCUT2D eigenvalue weighted by molar-refractivity contribution is 7.25. The zero-order valence-corrected chi connectivity index (χ0v) is 25.2. The van der Waals surface area contributed by atoms with Crippen LogP contribution in [0.1, 0.15) is 17.5 Å². The standard InChI is InChI=1S/C43H25NS/c1-3-11-27(12-4-1)44(29-22-24-41-38(25-29)32-14-7-8-20-40(32)45-41)28-21-23-31-35-17-10-18-36-37-19-9-16-34(43(37)39(31)26-28)30-13-5-2-6-15-33(30)42(35)36/h1,3-4,6-12,14-26H,2H2. The summed E-state index contributed by atoms with van der Waals surface area (Å²) in [6, 6.07) is 47.0. The first kappa shape index (κ1) is 24.8. The molecule has 10 rings (SSSR count). The lowest BCUT2D eigenvalue weighted by Crippen LogP contribution is -2.10. The lowest BCUT2D eigenvalue weighted by molar-refractivity contribution is 1.29. The minimum atomic E-state index is 0.770. The predicted molar refractivity (Wildman–Crippen MR) is 192 cm³/mol. The number of nitrogens with zero attached hydrogens (tertiary/aromatic N) is 1. The zero-order valence-electron chi connectivity index (χ0n) is 24.3. The summed E-state index contributed by atoms with van der Waals surface area (Å²) in [5.74, 6) is 6.99. The van der Waals surface area contributed by atoms with Gasteiger partial charge < -0.3 is 4.90 Å². The molecule has 0 amide bonds. The van der Waals surface area contributed by atoms with Crippen LogP contribution in [-0.2, 0) is 0 Å². The van der Waals surface area contributed by atoms with Gasteiger partial charge in [-0.25, -0.2) is 0 Å². The molecule has 0 saturated heterocycles. The quantitative estimate of drug-likeness (QED) is 0.186. The number of hydrogen-bond donors (Lipinski definition) is 0. The minimum absolute atomic E-state index is 0.770. The second kappa shape index (κ2) is 9.44. The molecular formula is C43H25NS. The molecule has 0 N–H and O–H groups in total. The van der Waals surface area contributed by atoms with Gasteiger partial charge in [0.2, 0.25) is 0 Å². The van der Waals surface area contributed by atoms with Crippen LogP contribution in [0.4, 0.5) is 17.1 Å². The summed E-state index contributed by atoms with van der Waals surface area (Å²) >= 11 is 1.86. The Labute approximate surface area is 266 Å². The van der Waals surface area contributed by atoms with E-state index in [2.05, 4.69) is 156 Å². The van der Waals surface area contributed by atoms with E-state index in [1.54, 1.807) is 0 Å². The SMILES string of the molecule is C1#CC2=C(C=CC1)c1c3cccc1-c1cccc2c1-c1cc(N(c2ccccc2)c2ccc4sc5ccccc5c4c2)ccc1-3. The van der Waals surface area contributed by atoms with Gasteiger partial charge in [-0.2, -0.15) is 0 Å². The number of hydrogen-bond acceptors (Lipinski definition) is 2. The summed E-state index contributed by atoms with van der Waals surface area (Å²) < 4.78 is 2.63. The number of fused-ring (bicyclic) bond motifs is 6. The molecule has 2 heteroatoms. The first-order valence-electron chi connectivity index (χ1n) is 15.4. The van der Waals surface area contributed by atoms with Crippen molar-refractivity contribution in [3.8, 4) is 45.2 Å². The Bertz CT molecular complexity index is 2520. The lowest BCUT2D eigenvalue weighted by atomic mass is 9.83. The first-order chi connectivity index (χ1) is 22.3. The van der Waals surface area contributed by atoms with Crippen LogP contribution in [0.5, 0.6) is 0 Å². The molecule has 1 nitrogen and oxygen atoms in total. The molecule has 7 aromatic rings. The maximum absolute atomic E-state index is 3.58. The Morgan fingerprint density at radius 2 is 1.22 bits per heavy atom. The van der Waals surface area contributed by atoms with E-state index in [0.29, 0.717) is 0 Å². The second-order valence-corrected chi connectivity index (χ2v) is 12.9.